The predicted octanol–water partition coefficient (Wildman–Crippen LogP) is 1.84. The molecule has 0 radical (unpaired) electrons. The first kappa shape index (κ1) is 14.8. The number of hydrogen-bond acceptors (Lipinski definition) is 3. The Bertz CT molecular complexity index is 532. The van der Waals surface area contributed by atoms with E-state index < -0.39 is 11.6 Å². The third-order valence-corrected chi connectivity index (χ3v) is 4.02. The quantitative estimate of drug-likeness (QED) is 0.832. The van der Waals surface area contributed by atoms with E-state index >= 15 is 0 Å². The fourth-order valence-electron chi connectivity index (χ4n) is 2.47. The summed E-state index contributed by atoms with van der Waals surface area (Å²) in [5.41, 5.74) is 5.28. The molecule has 0 bridgehead atoms. The van der Waals surface area contributed by atoms with E-state index in [-0.39, 0.29) is 18.5 Å². The lowest BCUT2D eigenvalue weighted by Crippen LogP contribution is -2.46. The molecule has 0 saturated carbocycles. The highest BCUT2D eigenvalue weighted by atomic mass is 35.5. The molecular formula is C14H18ClN3O2. The number of imide groups is 1. The zero-order valence-electron chi connectivity index (χ0n) is 11.5. The zero-order valence-corrected chi connectivity index (χ0v) is 12.3. The summed E-state index contributed by atoms with van der Waals surface area (Å²) in [5, 5.41) is 3.39. The number of hydrogen-bond donors (Lipinski definition) is 2. The second-order valence-corrected chi connectivity index (χ2v) is 5.39. The van der Waals surface area contributed by atoms with E-state index in [1.54, 1.807) is 31.2 Å². The molecule has 1 fully saturated rings. The second-order valence-electron chi connectivity index (χ2n) is 4.96. The van der Waals surface area contributed by atoms with Crippen LogP contribution >= 0.6 is 11.6 Å². The van der Waals surface area contributed by atoms with Crippen molar-refractivity contribution in [1.82, 2.24) is 10.2 Å². The lowest BCUT2D eigenvalue weighted by atomic mass is 9.87. The van der Waals surface area contributed by atoms with E-state index in [2.05, 4.69) is 5.32 Å². The van der Waals surface area contributed by atoms with Crippen LogP contribution < -0.4 is 11.1 Å². The van der Waals surface area contributed by atoms with Gasteiger partial charge in [0.15, 0.2) is 0 Å². The summed E-state index contributed by atoms with van der Waals surface area (Å²) in [7, 11) is 0. The fraction of sp³-hybridized carbons (Fsp3) is 0.429. The van der Waals surface area contributed by atoms with E-state index in [0.29, 0.717) is 11.4 Å². The van der Waals surface area contributed by atoms with Crippen molar-refractivity contribution in [3.63, 3.8) is 0 Å². The minimum atomic E-state index is -1.02. The highest BCUT2D eigenvalue weighted by molar-refractivity contribution is 6.30. The van der Waals surface area contributed by atoms with Gasteiger partial charge in [-0.05, 0) is 31.0 Å². The van der Waals surface area contributed by atoms with Crippen LogP contribution in [0.5, 0.6) is 0 Å². The van der Waals surface area contributed by atoms with Gasteiger partial charge in [0.2, 0.25) is 0 Å². The van der Waals surface area contributed by atoms with Gasteiger partial charge in [0.25, 0.3) is 5.91 Å². The Labute approximate surface area is 123 Å². The molecule has 3 N–H and O–H groups in total. The summed E-state index contributed by atoms with van der Waals surface area (Å²) >= 11 is 5.87. The molecule has 2 rings (SSSR count). The first-order chi connectivity index (χ1) is 9.46. The van der Waals surface area contributed by atoms with Crippen molar-refractivity contribution in [2.24, 2.45) is 5.73 Å². The molecule has 3 amide bonds. The molecule has 2 unspecified atom stereocenters. The van der Waals surface area contributed by atoms with Crippen molar-refractivity contribution in [3.05, 3.63) is 34.9 Å². The number of rotatable bonds is 4. The smallest absolute Gasteiger partial charge is 0.325 e. The normalized spacial score (nSPS) is 23.9. The highest BCUT2D eigenvalue weighted by Crippen LogP contribution is 2.33. The van der Waals surface area contributed by atoms with Crippen LogP contribution in [0.1, 0.15) is 25.8 Å². The maximum absolute atomic E-state index is 12.7. The molecule has 0 aromatic heterocycles. The molecule has 108 valence electrons. The van der Waals surface area contributed by atoms with Crippen molar-refractivity contribution >= 4 is 23.5 Å². The molecular weight excluding hydrogens is 278 g/mol. The lowest BCUT2D eigenvalue weighted by molar-refractivity contribution is -0.133. The Morgan fingerprint density at radius 3 is 2.45 bits per heavy atom. The summed E-state index contributed by atoms with van der Waals surface area (Å²) in [4.78, 5) is 26.0. The summed E-state index contributed by atoms with van der Waals surface area (Å²) < 4.78 is 0. The van der Waals surface area contributed by atoms with E-state index in [1.165, 1.54) is 4.90 Å². The molecule has 1 aromatic rings. The van der Waals surface area contributed by atoms with Crippen LogP contribution in [-0.2, 0) is 10.3 Å². The van der Waals surface area contributed by atoms with Crippen LogP contribution in [0.2, 0.25) is 5.02 Å². The molecule has 1 aliphatic rings. The van der Waals surface area contributed by atoms with Crippen molar-refractivity contribution in [3.8, 4) is 0 Å². The van der Waals surface area contributed by atoms with Gasteiger partial charge in [-0.25, -0.2) is 4.79 Å². The van der Waals surface area contributed by atoms with Crippen molar-refractivity contribution in [2.75, 3.05) is 6.54 Å². The van der Waals surface area contributed by atoms with Gasteiger partial charge in [-0.3, -0.25) is 9.69 Å². The second kappa shape index (κ2) is 5.42. The van der Waals surface area contributed by atoms with Crippen LogP contribution in [0.3, 0.4) is 0 Å². The van der Waals surface area contributed by atoms with Gasteiger partial charge >= 0.3 is 6.03 Å². The van der Waals surface area contributed by atoms with Crippen molar-refractivity contribution in [1.29, 1.82) is 0 Å². The number of nitrogens with one attached hydrogen (secondary N) is 1. The Balaban J connectivity index is 2.44. The van der Waals surface area contributed by atoms with Gasteiger partial charge in [0.05, 0.1) is 6.04 Å². The van der Waals surface area contributed by atoms with Crippen LogP contribution in [0.15, 0.2) is 24.3 Å². The number of urea groups is 1. The minimum Gasteiger partial charge on any atom is -0.328 e. The summed E-state index contributed by atoms with van der Waals surface area (Å²) in [6, 6.07) is 6.22. The van der Waals surface area contributed by atoms with E-state index in [0.717, 1.165) is 5.56 Å². The molecule has 6 heteroatoms. The van der Waals surface area contributed by atoms with Crippen LogP contribution in [-0.4, -0.2) is 29.4 Å². The highest BCUT2D eigenvalue weighted by Gasteiger charge is 2.52. The molecule has 1 aliphatic heterocycles. The fourth-order valence-corrected chi connectivity index (χ4v) is 2.60. The Morgan fingerprint density at radius 1 is 1.35 bits per heavy atom. The average molecular weight is 296 g/mol. The third kappa shape index (κ3) is 2.17. The molecule has 2 atom stereocenters. The summed E-state index contributed by atoms with van der Waals surface area (Å²) in [6.45, 7) is 3.86. The number of nitrogens with zero attached hydrogens (tertiary/aromatic N) is 1. The van der Waals surface area contributed by atoms with E-state index in [1.807, 2.05) is 6.92 Å². The maximum atomic E-state index is 12.7. The van der Waals surface area contributed by atoms with Gasteiger partial charge in [-0.2, -0.15) is 0 Å². The zero-order chi connectivity index (χ0) is 14.9. The third-order valence-electron chi connectivity index (χ3n) is 3.77. The van der Waals surface area contributed by atoms with Crippen molar-refractivity contribution in [2.45, 2.75) is 31.8 Å². The first-order valence-electron chi connectivity index (χ1n) is 6.58. The molecule has 0 spiro atoms. The topological polar surface area (TPSA) is 75.4 Å². The number of nitrogens with two attached hydrogens (primary N) is 1. The lowest BCUT2D eigenvalue weighted by Gasteiger charge is -2.27. The molecule has 1 heterocycles. The number of halogens is 1. The number of benzene rings is 1. The molecule has 1 aromatic carbocycles. The first-order valence-corrected chi connectivity index (χ1v) is 6.96. The van der Waals surface area contributed by atoms with Crippen LogP contribution in [0.25, 0.3) is 0 Å². The summed E-state index contributed by atoms with van der Waals surface area (Å²) in [5.74, 6) is -0.259. The van der Waals surface area contributed by atoms with Gasteiger partial charge in [0.1, 0.15) is 5.54 Å². The molecule has 0 aliphatic carbocycles. The number of carbonyl (C=O) groups excluding carboxylic acids is 2. The van der Waals surface area contributed by atoms with Gasteiger partial charge < -0.3 is 11.1 Å². The van der Waals surface area contributed by atoms with Gasteiger partial charge in [-0.15, -0.1) is 0 Å². The van der Waals surface area contributed by atoms with Gasteiger partial charge in [0, 0.05) is 11.6 Å². The van der Waals surface area contributed by atoms with Crippen LogP contribution in [0.4, 0.5) is 4.79 Å². The Morgan fingerprint density at radius 2 is 1.95 bits per heavy atom. The monoisotopic (exact) mass is 295 g/mol. The van der Waals surface area contributed by atoms with Gasteiger partial charge in [-0.1, -0.05) is 30.7 Å². The SMILES string of the molecule is CCC1(c2ccc(Cl)cc2)NC(=O)N(C(C)CN)C1=O. The number of carbonyl (C=O) groups is 2. The molecule has 20 heavy (non-hydrogen) atoms. The average Bonchev–Trinajstić information content (AvgIpc) is 2.71. The Kier molecular flexibility index (Phi) is 4.01. The molecule has 1 saturated heterocycles. The number of amides is 3. The van der Waals surface area contributed by atoms with E-state index in [4.69, 9.17) is 17.3 Å². The standard InChI is InChI=1S/C14H18ClN3O2/c1-3-14(10-4-6-11(15)7-5-10)12(19)18(9(2)8-16)13(20)17-14/h4-7,9H,3,8,16H2,1-2H3,(H,17,20). The van der Waals surface area contributed by atoms with Crippen LogP contribution in [0, 0.1) is 0 Å². The maximum Gasteiger partial charge on any atom is 0.325 e. The Hall–Kier alpha value is -1.59. The van der Waals surface area contributed by atoms with Crippen molar-refractivity contribution < 1.29 is 9.59 Å². The van der Waals surface area contributed by atoms with E-state index in [9.17, 15) is 9.59 Å². The molecule has 5 nitrogen and oxygen atoms in total. The predicted molar refractivity (Wildman–Crippen MR) is 77.3 cm³/mol. The minimum absolute atomic E-state index is 0.236. The summed E-state index contributed by atoms with van der Waals surface area (Å²) in [6.07, 6.45) is 0.465. The largest absolute Gasteiger partial charge is 0.328 e.